The maximum atomic E-state index is 12.3. The van der Waals surface area contributed by atoms with Gasteiger partial charge in [0.05, 0.1) is 11.2 Å². The molecule has 0 radical (unpaired) electrons. The van der Waals surface area contributed by atoms with Crippen molar-refractivity contribution in [3.05, 3.63) is 48.3 Å². The van der Waals surface area contributed by atoms with E-state index in [-0.39, 0.29) is 5.75 Å². The number of nitrogens with one attached hydrogen (secondary N) is 2. The average molecular weight is 381 g/mol. The van der Waals surface area contributed by atoms with Gasteiger partial charge in [-0.05, 0) is 61.2 Å². The molecule has 1 saturated carbocycles. The maximum Gasteiger partial charge on any atom is 0.387 e. The highest BCUT2D eigenvalue weighted by atomic mass is 19.3. The summed E-state index contributed by atoms with van der Waals surface area (Å²) in [5.74, 6) is 2.42. The molecule has 0 aliphatic heterocycles. The van der Waals surface area contributed by atoms with Gasteiger partial charge in [-0.2, -0.15) is 19.0 Å². The summed E-state index contributed by atoms with van der Waals surface area (Å²) in [6.07, 6.45) is 3.47. The van der Waals surface area contributed by atoms with Crippen LogP contribution in [0, 0.1) is 5.92 Å². The number of rotatable bonds is 6. The number of H-pyrrole nitrogens is 2. The van der Waals surface area contributed by atoms with Crippen LogP contribution in [0.25, 0.3) is 33.5 Å². The van der Waals surface area contributed by atoms with Crippen molar-refractivity contribution in [2.45, 2.75) is 25.9 Å². The van der Waals surface area contributed by atoms with Gasteiger partial charge in [-0.15, -0.1) is 0 Å². The van der Waals surface area contributed by atoms with Crippen LogP contribution >= 0.6 is 0 Å². The molecule has 142 valence electrons. The van der Waals surface area contributed by atoms with Crippen molar-refractivity contribution in [3.8, 4) is 28.4 Å². The van der Waals surface area contributed by atoms with Crippen LogP contribution in [0.2, 0.25) is 0 Å². The first-order chi connectivity index (χ1) is 13.7. The van der Waals surface area contributed by atoms with E-state index in [1.54, 1.807) is 12.1 Å². The average Bonchev–Trinajstić information content (AvgIpc) is 3.21. The molecular formula is C20H17F2N5O. The van der Waals surface area contributed by atoms with Gasteiger partial charge in [0.1, 0.15) is 11.6 Å². The highest BCUT2D eigenvalue weighted by Gasteiger charge is 2.23. The number of nitrogens with zero attached hydrogens (tertiary/aromatic N) is 3. The van der Waals surface area contributed by atoms with Crippen LogP contribution in [0.1, 0.15) is 18.7 Å². The van der Waals surface area contributed by atoms with E-state index < -0.39 is 6.61 Å². The fourth-order valence-electron chi connectivity index (χ4n) is 3.28. The standard InChI is InChI=1S/C20H17F2N5O/c21-20(22)28-14-6-3-12(4-7-14)18-15-10-13(5-8-16(15)24-26-18)19-23-17(25-27-19)9-11-1-2-11/h3-8,10-11,20H,1-2,9H2,(H,24,26)(H,23,25,27). The van der Waals surface area contributed by atoms with Crippen molar-refractivity contribution in [2.75, 3.05) is 0 Å². The van der Waals surface area contributed by atoms with E-state index in [0.29, 0.717) is 5.82 Å². The van der Waals surface area contributed by atoms with Gasteiger partial charge in [0.25, 0.3) is 0 Å². The molecule has 0 atom stereocenters. The molecule has 1 fully saturated rings. The molecule has 2 aromatic heterocycles. The molecule has 0 amide bonds. The first kappa shape index (κ1) is 16.9. The minimum atomic E-state index is -2.84. The lowest BCUT2D eigenvalue weighted by Gasteiger charge is -2.05. The number of benzene rings is 2. The Hall–Kier alpha value is -3.29. The second-order valence-electron chi connectivity index (χ2n) is 6.99. The molecular weight excluding hydrogens is 364 g/mol. The van der Waals surface area contributed by atoms with Crippen molar-refractivity contribution in [2.24, 2.45) is 5.92 Å². The highest BCUT2D eigenvalue weighted by Crippen LogP contribution is 2.33. The van der Waals surface area contributed by atoms with Crippen LogP contribution < -0.4 is 4.74 Å². The largest absolute Gasteiger partial charge is 0.435 e. The van der Waals surface area contributed by atoms with Crippen LogP contribution in [-0.2, 0) is 6.42 Å². The smallest absolute Gasteiger partial charge is 0.387 e. The predicted molar refractivity (Wildman–Crippen MR) is 100.0 cm³/mol. The van der Waals surface area contributed by atoms with Gasteiger partial charge in [0.2, 0.25) is 0 Å². The zero-order chi connectivity index (χ0) is 19.1. The predicted octanol–water partition coefficient (Wildman–Crippen LogP) is 4.57. The first-order valence-corrected chi connectivity index (χ1v) is 9.11. The van der Waals surface area contributed by atoms with Gasteiger partial charge in [-0.25, -0.2) is 4.98 Å². The third-order valence-corrected chi connectivity index (χ3v) is 4.88. The Kier molecular flexibility index (Phi) is 4.03. The zero-order valence-corrected chi connectivity index (χ0v) is 14.8. The van der Waals surface area contributed by atoms with E-state index in [0.717, 1.165) is 45.9 Å². The summed E-state index contributed by atoms with van der Waals surface area (Å²) in [6.45, 7) is -2.84. The number of alkyl halides is 2. The van der Waals surface area contributed by atoms with Crippen LogP contribution in [0.15, 0.2) is 42.5 Å². The van der Waals surface area contributed by atoms with Crippen molar-refractivity contribution in [1.82, 2.24) is 25.4 Å². The Bertz CT molecular complexity index is 1120. The number of halogens is 2. The second kappa shape index (κ2) is 6.70. The third kappa shape index (κ3) is 3.33. The summed E-state index contributed by atoms with van der Waals surface area (Å²) >= 11 is 0. The van der Waals surface area contributed by atoms with Gasteiger partial charge < -0.3 is 4.74 Å². The summed E-state index contributed by atoms with van der Waals surface area (Å²) in [5, 5.41) is 15.7. The van der Waals surface area contributed by atoms with Crippen molar-refractivity contribution < 1.29 is 13.5 Å². The van der Waals surface area contributed by atoms with Crippen LogP contribution in [0.4, 0.5) is 8.78 Å². The third-order valence-electron chi connectivity index (χ3n) is 4.88. The number of ether oxygens (including phenoxy) is 1. The lowest BCUT2D eigenvalue weighted by Crippen LogP contribution is -2.01. The van der Waals surface area contributed by atoms with Crippen LogP contribution in [-0.4, -0.2) is 32.0 Å². The fourth-order valence-corrected chi connectivity index (χ4v) is 3.28. The number of aromatic amines is 2. The first-order valence-electron chi connectivity index (χ1n) is 9.11. The number of fused-ring (bicyclic) bond motifs is 1. The maximum absolute atomic E-state index is 12.3. The molecule has 1 aliphatic carbocycles. The molecule has 4 aromatic rings. The minimum absolute atomic E-state index is 0.114. The molecule has 2 aromatic carbocycles. The Morgan fingerprint density at radius 2 is 1.79 bits per heavy atom. The van der Waals surface area contributed by atoms with Crippen molar-refractivity contribution in [3.63, 3.8) is 0 Å². The zero-order valence-electron chi connectivity index (χ0n) is 14.8. The Morgan fingerprint density at radius 3 is 2.54 bits per heavy atom. The van der Waals surface area contributed by atoms with Crippen molar-refractivity contribution >= 4 is 10.9 Å². The molecule has 0 spiro atoms. The van der Waals surface area contributed by atoms with Crippen LogP contribution in [0.3, 0.4) is 0 Å². The Balaban J connectivity index is 1.47. The monoisotopic (exact) mass is 381 g/mol. The molecule has 2 heterocycles. The molecule has 28 heavy (non-hydrogen) atoms. The lowest BCUT2D eigenvalue weighted by molar-refractivity contribution is -0.0498. The summed E-state index contributed by atoms with van der Waals surface area (Å²) in [5.41, 5.74) is 3.30. The Morgan fingerprint density at radius 1 is 1.00 bits per heavy atom. The molecule has 2 N–H and O–H groups in total. The van der Waals surface area contributed by atoms with Gasteiger partial charge in [0.15, 0.2) is 5.82 Å². The summed E-state index contributed by atoms with van der Waals surface area (Å²) in [6, 6.07) is 12.3. The van der Waals surface area contributed by atoms with Crippen molar-refractivity contribution in [1.29, 1.82) is 0 Å². The number of aromatic nitrogens is 5. The molecule has 8 heteroatoms. The Labute approximate surface area is 159 Å². The molecule has 0 unspecified atom stereocenters. The highest BCUT2D eigenvalue weighted by molar-refractivity contribution is 5.95. The molecule has 0 bridgehead atoms. The number of hydrogen-bond acceptors (Lipinski definition) is 4. The van der Waals surface area contributed by atoms with Crippen LogP contribution in [0.5, 0.6) is 5.75 Å². The lowest BCUT2D eigenvalue weighted by atomic mass is 10.1. The molecule has 6 nitrogen and oxygen atoms in total. The fraction of sp³-hybridized carbons (Fsp3) is 0.250. The van der Waals surface area contributed by atoms with E-state index >= 15 is 0 Å². The summed E-state index contributed by atoms with van der Waals surface area (Å²) < 4.78 is 29.1. The van der Waals surface area contributed by atoms with E-state index in [2.05, 4.69) is 30.1 Å². The summed E-state index contributed by atoms with van der Waals surface area (Å²) in [4.78, 5) is 4.61. The number of hydrogen-bond donors (Lipinski definition) is 2. The SMILES string of the molecule is FC(F)Oc1ccc(-c2n[nH]c3ccc(-c4n[nH]c(CC5CC5)n4)cc23)cc1. The minimum Gasteiger partial charge on any atom is -0.435 e. The van der Waals surface area contributed by atoms with E-state index in [4.69, 9.17) is 0 Å². The molecule has 0 saturated heterocycles. The second-order valence-corrected chi connectivity index (χ2v) is 6.99. The normalized spacial score (nSPS) is 14.1. The quantitative estimate of drug-likeness (QED) is 0.513. The topological polar surface area (TPSA) is 79.5 Å². The molecule has 5 rings (SSSR count). The van der Waals surface area contributed by atoms with E-state index in [1.165, 1.54) is 25.0 Å². The molecule has 1 aliphatic rings. The van der Waals surface area contributed by atoms with E-state index in [1.807, 2.05) is 18.2 Å². The summed E-state index contributed by atoms with van der Waals surface area (Å²) in [7, 11) is 0. The van der Waals surface area contributed by atoms with Gasteiger partial charge in [0, 0.05) is 22.9 Å². The van der Waals surface area contributed by atoms with Gasteiger partial charge in [-0.3, -0.25) is 10.2 Å². The van der Waals surface area contributed by atoms with Gasteiger partial charge >= 0.3 is 6.61 Å². The van der Waals surface area contributed by atoms with E-state index in [9.17, 15) is 8.78 Å². The van der Waals surface area contributed by atoms with Gasteiger partial charge in [-0.1, -0.05) is 0 Å².